The van der Waals surface area contributed by atoms with Crippen molar-refractivity contribution in [1.29, 1.82) is 0 Å². The molecule has 21 heavy (non-hydrogen) atoms. The summed E-state index contributed by atoms with van der Waals surface area (Å²) in [6, 6.07) is 0. The molecule has 0 amide bonds. The minimum absolute atomic E-state index is 0.198. The normalized spacial score (nSPS) is 14.9. The first-order valence-corrected chi connectivity index (χ1v) is 6.74. The van der Waals surface area contributed by atoms with Gasteiger partial charge < -0.3 is 14.2 Å². The summed E-state index contributed by atoms with van der Waals surface area (Å²) in [5, 5.41) is 0. The molecule has 1 unspecified atom stereocenters. The van der Waals surface area contributed by atoms with Crippen LogP contribution in [-0.4, -0.2) is 48.4 Å². The van der Waals surface area contributed by atoms with Crippen molar-refractivity contribution >= 4 is 28.6 Å². The Labute approximate surface area is 130 Å². The molecule has 0 rings (SSSR count). The highest BCUT2D eigenvalue weighted by Gasteiger charge is 2.73. The Bertz CT molecular complexity index is 329. The number of methoxy groups -OCH3 is 1. The third-order valence-electron chi connectivity index (χ3n) is 2.37. The van der Waals surface area contributed by atoms with Gasteiger partial charge in [-0.3, -0.25) is 4.79 Å². The van der Waals surface area contributed by atoms with E-state index in [9.17, 15) is 31.1 Å². The van der Waals surface area contributed by atoms with Crippen LogP contribution in [0.5, 0.6) is 0 Å². The molecule has 0 aromatic heterocycles. The van der Waals surface area contributed by atoms with Gasteiger partial charge in [-0.2, -0.15) is 26.3 Å². The Morgan fingerprint density at radius 3 is 1.95 bits per heavy atom. The van der Waals surface area contributed by atoms with Crippen LogP contribution in [0.3, 0.4) is 0 Å². The Morgan fingerprint density at radius 2 is 1.62 bits per heavy atom. The maximum atomic E-state index is 12.8. The highest BCUT2D eigenvalue weighted by atomic mass is 127. The summed E-state index contributed by atoms with van der Waals surface area (Å²) in [6.07, 6.45) is -11.5. The minimum Gasteiger partial charge on any atom is -0.461 e. The van der Waals surface area contributed by atoms with Crippen LogP contribution >= 0.6 is 22.6 Å². The number of alkyl halides is 7. The number of rotatable bonds is 7. The molecule has 0 aromatic rings. The van der Waals surface area contributed by atoms with Gasteiger partial charge in [-0.25, -0.2) is 0 Å². The van der Waals surface area contributed by atoms with E-state index in [2.05, 4.69) is 14.2 Å². The molecular formula is C10H13F6IO4. The fourth-order valence-electron chi connectivity index (χ4n) is 1.12. The van der Waals surface area contributed by atoms with Gasteiger partial charge in [-0.05, 0) is 6.42 Å². The summed E-state index contributed by atoms with van der Waals surface area (Å²) in [6.45, 7) is -1.76. The van der Waals surface area contributed by atoms with Gasteiger partial charge >= 0.3 is 18.3 Å². The molecule has 0 aliphatic carbocycles. The van der Waals surface area contributed by atoms with E-state index in [1.807, 2.05) is 0 Å². The number of ether oxygens (including phenoxy) is 3. The highest BCUT2D eigenvalue weighted by molar-refractivity contribution is 14.1. The quantitative estimate of drug-likeness (QED) is 0.202. The van der Waals surface area contributed by atoms with Gasteiger partial charge in [0.15, 0.2) is 0 Å². The lowest BCUT2D eigenvalue weighted by molar-refractivity contribution is -0.398. The van der Waals surface area contributed by atoms with Gasteiger partial charge in [0.05, 0.1) is 0 Å². The number of carbonyl (C=O) groups excluding carboxylic acids is 1. The van der Waals surface area contributed by atoms with E-state index in [0.717, 1.165) is 7.11 Å². The van der Waals surface area contributed by atoms with Crippen molar-refractivity contribution in [2.24, 2.45) is 0 Å². The van der Waals surface area contributed by atoms with E-state index in [0.29, 0.717) is 0 Å². The molecule has 0 spiro atoms. The molecule has 0 aliphatic rings. The number of esters is 1. The monoisotopic (exact) mass is 438 g/mol. The number of carbonyl (C=O) groups is 1. The molecule has 4 nitrogen and oxygen atoms in total. The Kier molecular flexibility index (Phi) is 7.70. The largest absolute Gasteiger partial charge is 0.461 e. The summed E-state index contributed by atoms with van der Waals surface area (Å²) >= 11 is 1.55. The topological polar surface area (TPSA) is 44.8 Å². The standard InChI is InChI=1S/C10H13F6IO4/c1-3-6(17)7(18)20-4-8(9(11,12)13,10(14,15)16)21-5-19-2/h6H,3-5H2,1-2H3. The van der Waals surface area contributed by atoms with Crippen LogP contribution in [0, 0.1) is 0 Å². The van der Waals surface area contributed by atoms with Crippen molar-refractivity contribution in [3.05, 3.63) is 0 Å². The van der Waals surface area contributed by atoms with Gasteiger partial charge in [-0.15, -0.1) is 0 Å². The van der Waals surface area contributed by atoms with E-state index < -0.39 is 41.2 Å². The third kappa shape index (κ3) is 5.13. The van der Waals surface area contributed by atoms with Crippen molar-refractivity contribution in [3.63, 3.8) is 0 Å². The fourth-order valence-corrected chi connectivity index (χ4v) is 1.30. The smallest absolute Gasteiger partial charge is 0.430 e. The molecule has 0 saturated heterocycles. The Balaban J connectivity index is 5.34. The molecule has 1 atom stereocenters. The van der Waals surface area contributed by atoms with Gasteiger partial charge in [0.1, 0.15) is 17.3 Å². The molecule has 0 heterocycles. The predicted octanol–water partition coefficient (Wildman–Crippen LogP) is 3.23. The van der Waals surface area contributed by atoms with Gasteiger partial charge in [0.25, 0.3) is 5.60 Å². The highest BCUT2D eigenvalue weighted by Crippen LogP contribution is 2.46. The average Bonchev–Trinajstić information content (AvgIpc) is 2.34. The second kappa shape index (κ2) is 7.81. The van der Waals surface area contributed by atoms with E-state index in [1.54, 1.807) is 22.6 Å². The average molecular weight is 438 g/mol. The maximum absolute atomic E-state index is 12.8. The lowest BCUT2D eigenvalue weighted by atomic mass is 10.0. The summed E-state index contributed by atoms with van der Waals surface area (Å²) < 4.78 is 88.2. The summed E-state index contributed by atoms with van der Waals surface area (Å²) in [4.78, 5) is 11.3. The third-order valence-corrected chi connectivity index (χ3v) is 3.76. The zero-order valence-corrected chi connectivity index (χ0v) is 13.1. The second-order valence-corrected chi connectivity index (χ2v) is 5.36. The van der Waals surface area contributed by atoms with Gasteiger partial charge in [0.2, 0.25) is 0 Å². The van der Waals surface area contributed by atoms with E-state index in [-0.39, 0.29) is 6.42 Å². The molecule has 0 fully saturated rings. The molecule has 0 aliphatic heterocycles. The Hall–Kier alpha value is -0.300. The first-order chi connectivity index (χ1) is 9.43. The van der Waals surface area contributed by atoms with Crippen LogP contribution in [0.1, 0.15) is 13.3 Å². The van der Waals surface area contributed by atoms with Gasteiger partial charge in [0, 0.05) is 7.11 Å². The van der Waals surface area contributed by atoms with Crippen LogP contribution < -0.4 is 0 Å². The van der Waals surface area contributed by atoms with Crippen molar-refractivity contribution in [3.8, 4) is 0 Å². The Morgan fingerprint density at radius 1 is 1.14 bits per heavy atom. The fraction of sp³-hybridized carbons (Fsp3) is 0.900. The molecule has 0 aromatic carbocycles. The van der Waals surface area contributed by atoms with Crippen LogP contribution in [0.4, 0.5) is 26.3 Å². The molecule has 0 bridgehead atoms. The van der Waals surface area contributed by atoms with Crippen LogP contribution in [-0.2, 0) is 19.0 Å². The molecular weight excluding hydrogens is 425 g/mol. The van der Waals surface area contributed by atoms with E-state index in [4.69, 9.17) is 0 Å². The number of hydrogen-bond donors (Lipinski definition) is 0. The first-order valence-electron chi connectivity index (χ1n) is 5.50. The van der Waals surface area contributed by atoms with E-state index >= 15 is 0 Å². The predicted molar refractivity (Wildman–Crippen MR) is 66.9 cm³/mol. The first kappa shape index (κ1) is 20.7. The molecule has 126 valence electrons. The summed E-state index contributed by atoms with van der Waals surface area (Å²) in [5.74, 6) is -1.18. The van der Waals surface area contributed by atoms with Crippen molar-refractivity contribution < 1.29 is 45.3 Å². The summed E-state index contributed by atoms with van der Waals surface area (Å²) in [5.41, 5.74) is -4.63. The van der Waals surface area contributed by atoms with Crippen molar-refractivity contribution in [2.75, 3.05) is 20.5 Å². The lowest BCUT2D eigenvalue weighted by Crippen LogP contribution is -2.62. The van der Waals surface area contributed by atoms with Crippen LogP contribution in [0.15, 0.2) is 0 Å². The molecule has 0 N–H and O–H groups in total. The molecule has 11 heteroatoms. The zero-order valence-electron chi connectivity index (χ0n) is 11.0. The van der Waals surface area contributed by atoms with E-state index in [1.165, 1.54) is 6.92 Å². The van der Waals surface area contributed by atoms with Crippen molar-refractivity contribution in [1.82, 2.24) is 0 Å². The SMILES string of the molecule is CCC(I)C(=O)OCC(OCOC)(C(F)(F)F)C(F)(F)F. The van der Waals surface area contributed by atoms with Gasteiger partial charge in [-0.1, -0.05) is 29.5 Å². The second-order valence-electron chi connectivity index (χ2n) is 3.86. The lowest BCUT2D eigenvalue weighted by Gasteiger charge is -2.36. The van der Waals surface area contributed by atoms with Crippen LogP contribution in [0.2, 0.25) is 0 Å². The zero-order chi connectivity index (χ0) is 16.9. The number of halogens is 7. The minimum atomic E-state index is -5.84. The van der Waals surface area contributed by atoms with Crippen molar-refractivity contribution in [2.45, 2.75) is 35.2 Å². The summed E-state index contributed by atoms with van der Waals surface area (Å²) in [7, 11) is 0.863. The molecule has 0 saturated carbocycles. The maximum Gasteiger partial charge on any atom is 0.430 e. The number of hydrogen-bond acceptors (Lipinski definition) is 4. The van der Waals surface area contributed by atoms with Crippen LogP contribution in [0.25, 0.3) is 0 Å². The molecule has 0 radical (unpaired) electrons.